The zero-order chi connectivity index (χ0) is 8.55. The summed E-state index contributed by atoms with van der Waals surface area (Å²) in [6, 6.07) is 0. The van der Waals surface area contributed by atoms with Crippen LogP contribution in [-0.2, 0) is 6.42 Å². The molecule has 2 aromatic rings. The Kier molecular flexibility index (Phi) is 1.65. The molecule has 2 heterocycles. The molecule has 0 fully saturated rings. The molecule has 62 valence electrons. The molecule has 0 saturated carbocycles. The number of imidazole rings is 1. The first kappa shape index (κ1) is 7.42. The van der Waals surface area contributed by atoms with Crippen LogP contribution >= 0.6 is 12.2 Å². The monoisotopic (exact) mass is 180 g/mol. The fourth-order valence-electron chi connectivity index (χ4n) is 1.17. The molecule has 2 rings (SSSR count). The summed E-state index contributed by atoms with van der Waals surface area (Å²) >= 11 is 4.94. The minimum atomic E-state index is 0.597. The van der Waals surface area contributed by atoms with Gasteiger partial charge in [-0.05, 0) is 18.6 Å². The van der Waals surface area contributed by atoms with E-state index in [9.17, 15) is 0 Å². The Morgan fingerprint density at radius 3 is 3.00 bits per heavy atom. The lowest BCUT2D eigenvalue weighted by molar-refractivity contribution is 1.02. The van der Waals surface area contributed by atoms with Gasteiger partial charge < -0.3 is 9.97 Å². The molecule has 0 spiro atoms. The molecule has 2 N–H and O–H groups in total. The number of fused-ring (bicyclic) bond motifs is 1. The van der Waals surface area contributed by atoms with Gasteiger partial charge in [-0.25, -0.2) is 9.97 Å². The predicted octanol–water partition coefficient (Wildman–Crippen LogP) is 1.58. The Labute approximate surface area is 74.1 Å². The average Bonchev–Trinajstić information content (AvgIpc) is 2.44. The van der Waals surface area contributed by atoms with E-state index in [1.165, 1.54) is 0 Å². The quantitative estimate of drug-likeness (QED) is 0.655. The molecule has 4 nitrogen and oxygen atoms in total. The second-order valence-corrected chi connectivity index (χ2v) is 2.88. The van der Waals surface area contributed by atoms with Crippen molar-refractivity contribution in [2.24, 2.45) is 0 Å². The zero-order valence-corrected chi connectivity index (χ0v) is 7.40. The predicted molar refractivity (Wildman–Crippen MR) is 48.5 cm³/mol. The summed E-state index contributed by atoms with van der Waals surface area (Å²) in [5.74, 6) is 0. The molecule has 0 unspecified atom stereocenters. The van der Waals surface area contributed by atoms with Crippen LogP contribution in [0.1, 0.15) is 12.6 Å². The van der Waals surface area contributed by atoms with E-state index in [0.29, 0.717) is 4.77 Å². The van der Waals surface area contributed by atoms with E-state index < -0.39 is 0 Å². The largest absolute Gasteiger partial charge is 0.328 e. The third kappa shape index (κ3) is 1.02. The number of H-pyrrole nitrogens is 2. The van der Waals surface area contributed by atoms with E-state index in [2.05, 4.69) is 19.9 Å². The van der Waals surface area contributed by atoms with Crippen LogP contribution in [0.2, 0.25) is 0 Å². The lowest BCUT2D eigenvalue weighted by Crippen LogP contribution is -1.89. The van der Waals surface area contributed by atoms with Crippen LogP contribution in [0.4, 0.5) is 0 Å². The van der Waals surface area contributed by atoms with Gasteiger partial charge in [0.15, 0.2) is 10.4 Å². The molecule has 5 heteroatoms. The van der Waals surface area contributed by atoms with Gasteiger partial charge in [0.2, 0.25) is 0 Å². The van der Waals surface area contributed by atoms with Crippen molar-refractivity contribution < 1.29 is 0 Å². The summed E-state index contributed by atoms with van der Waals surface area (Å²) in [7, 11) is 0. The lowest BCUT2D eigenvalue weighted by Gasteiger charge is -1.94. The molecular formula is C7H8N4S. The summed E-state index contributed by atoms with van der Waals surface area (Å²) in [6.45, 7) is 2.05. The van der Waals surface area contributed by atoms with Crippen LogP contribution in [0.5, 0.6) is 0 Å². The highest BCUT2D eigenvalue weighted by molar-refractivity contribution is 7.71. The van der Waals surface area contributed by atoms with Gasteiger partial charge in [-0.1, -0.05) is 6.92 Å². The van der Waals surface area contributed by atoms with E-state index >= 15 is 0 Å². The van der Waals surface area contributed by atoms with Crippen LogP contribution in [0.15, 0.2) is 6.33 Å². The van der Waals surface area contributed by atoms with E-state index in [1.54, 1.807) is 6.33 Å². The van der Waals surface area contributed by atoms with Gasteiger partial charge in [0, 0.05) is 0 Å². The maximum atomic E-state index is 4.94. The van der Waals surface area contributed by atoms with Gasteiger partial charge in [0.25, 0.3) is 0 Å². The van der Waals surface area contributed by atoms with Crippen LogP contribution < -0.4 is 0 Å². The highest BCUT2D eigenvalue weighted by Gasteiger charge is 2.02. The van der Waals surface area contributed by atoms with E-state index in [1.807, 2.05) is 6.92 Å². The SMILES string of the molecule is CCc1ncnc2[nH]c(=S)[nH]c12. The molecule has 0 saturated heterocycles. The number of aromatic nitrogens is 4. The first-order valence-electron chi connectivity index (χ1n) is 3.73. The third-order valence-electron chi connectivity index (χ3n) is 1.73. The standard InChI is InChI=1S/C7H8N4S/c1-2-4-5-6(9-3-8-4)11-7(12)10-5/h3H,2H2,1H3,(H2,8,9,10,11,12). The van der Waals surface area contributed by atoms with Crippen LogP contribution in [-0.4, -0.2) is 19.9 Å². The van der Waals surface area contributed by atoms with Crippen molar-refractivity contribution in [3.63, 3.8) is 0 Å². The molecule has 0 amide bonds. The number of nitrogens with zero attached hydrogens (tertiary/aromatic N) is 2. The molecule has 2 aromatic heterocycles. The number of nitrogens with one attached hydrogen (secondary N) is 2. The van der Waals surface area contributed by atoms with Crippen molar-refractivity contribution in [3.8, 4) is 0 Å². The molecule has 0 aliphatic carbocycles. The summed E-state index contributed by atoms with van der Waals surface area (Å²) in [5, 5.41) is 0. The van der Waals surface area contributed by atoms with Crippen molar-refractivity contribution >= 4 is 23.4 Å². The van der Waals surface area contributed by atoms with Crippen LogP contribution in [0.3, 0.4) is 0 Å². The Morgan fingerprint density at radius 1 is 1.42 bits per heavy atom. The van der Waals surface area contributed by atoms with Gasteiger partial charge in [-0.15, -0.1) is 0 Å². The second-order valence-electron chi connectivity index (χ2n) is 2.48. The zero-order valence-electron chi connectivity index (χ0n) is 6.59. The van der Waals surface area contributed by atoms with E-state index in [-0.39, 0.29) is 0 Å². The fourth-order valence-corrected chi connectivity index (χ4v) is 1.37. The molecule has 0 bridgehead atoms. The van der Waals surface area contributed by atoms with E-state index in [0.717, 1.165) is 23.3 Å². The third-order valence-corrected chi connectivity index (χ3v) is 1.94. The minimum absolute atomic E-state index is 0.597. The van der Waals surface area contributed by atoms with Crippen LogP contribution in [0.25, 0.3) is 11.2 Å². The number of aromatic amines is 2. The normalized spacial score (nSPS) is 10.8. The van der Waals surface area contributed by atoms with Crippen molar-refractivity contribution in [3.05, 3.63) is 16.8 Å². The molecule has 0 atom stereocenters. The molecule has 0 radical (unpaired) electrons. The summed E-state index contributed by atoms with van der Waals surface area (Å²) in [6.07, 6.45) is 2.42. The van der Waals surface area contributed by atoms with Gasteiger partial charge in [0.05, 0.1) is 5.69 Å². The molecular weight excluding hydrogens is 172 g/mol. The smallest absolute Gasteiger partial charge is 0.176 e. The molecule has 0 aliphatic heterocycles. The van der Waals surface area contributed by atoms with E-state index in [4.69, 9.17) is 12.2 Å². The Bertz CT molecular complexity index is 456. The van der Waals surface area contributed by atoms with Crippen molar-refractivity contribution in [2.75, 3.05) is 0 Å². The van der Waals surface area contributed by atoms with Crippen molar-refractivity contribution in [1.29, 1.82) is 0 Å². The summed E-state index contributed by atoms with van der Waals surface area (Å²) < 4.78 is 0.597. The van der Waals surface area contributed by atoms with Gasteiger partial charge in [0.1, 0.15) is 11.8 Å². The lowest BCUT2D eigenvalue weighted by atomic mass is 10.3. The Hall–Kier alpha value is -1.23. The summed E-state index contributed by atoms with van der Waals surface area (Å²) in [4.78, 5) is 14.1. The Morgan fingerprint density at radius 2 is 2.25 bits per heavy atom. The maximum absolute atomic E-state index is 4.94. The highest BCUT2D eigenvalue weighted by atomic mass is 32.1. The second kappa shape index (κ2) is 2.67. The fraction of sp³-hybridized carbons (Fsp3) is 0.286. The number of hydrogen-bond donors (Lipinski definition) is 2. The first-order valence-corrected chi connectivity index (χ1v) is 4.14. The number of aryl methyl sites for hydroxylation is 1. The van der Waals surface area contributed by atoms with Gasteiger partial charge in [-0.3, -0.25) is 0 Å². The summed E-state index contributed by atoms with van der Waals surface area (Å²) in [5.41, 5.74) is 2.70. The maximum Gasteiger partial charge on any atom is 0.176 e. The number of hydrogen-bond acceptors (Lipinski definition) is 3. The highest BCUT2D eigenvalue weighted by Crippen LogP contribution is 2.09. The van der Waals surface area contributed by atoms with Crippen molar-refractivity contribution in [1.82, 2.24) is 19.9 Å². The van der Waals surface area contributed by atoms with Gasteiger partial charge >= 0.3 is 0 Å². The minimum Gasteiger partial charge on any atom is -0.328 e. The molecule has 0 aliphatic rings. The van der Waals surface area contributed by atoms with Gasteiger partial charge in [-0.2, -0.15) is 0 Å². The average molecular weight is 180 g/mol. The Balaban J connectivity index is 2.87. The molecule has 0 aromatic carbocycles. The van der Waals surface area contributed by atoms with Crippen LogP contribution in [0, 0.1) is 4.77 Å². The number of rotatable bonds is 1. The molecule has 12 heavy (non-hydrogen) atoms. The first-order chi connectivity index (χ1) is 5.81. The topological polar surface area (TPSA) is 57.4 Å². The van der Waals surface area contributed by atoms with Crippen molar-refractivity contribution in [2.45, 2.75) is 13.3 Å².